The van der Waals surface area contributed by atoms with Gasteiger partial charge in [0.1, 0.15) is 0 Å². The highest BCUT2D eigenvalue weighted by Crippen LogP contribution is 2.21. The second kappa shape index (κ2) is 3.98. The molecule has 4 nitrogen and oxygen atoms in total. The van der Waals surface area contributed by atoms with Crippen LogP contribution in [-0.2, 0) is 6.54 Å². The molecule has 15 heavy (non-hydrogen) atoms. The third-order valence-corrected chi connectivity index (χ3v) is 2.63. The summed E-state index contributed by atoms with van der Waals surface area (Å²) in [7, 11) is 0. The Labute approximate surface area is 88.5 Å². The number of nitrogens with zero attached hydrogens (tertiary/aromatic N) is 1. The first-order chi connectivity index (χ1) is 7.16. The molecule has 0 aliphatic heterocycles. The third kappa shape index (κ3) is 2.53. The van der Waals surface area contributed by atoms with Gasteiger partial charge in [0.05, 0.1) is 4.92 Å². The van der Waals surface area contributed by atoms with Crippen molar-refractivity contribution in [3.8, 4) is 0 Å². The van der Waals surface area contributed by atoms with E-state index in [4.69, 9.17) is 0 Å². The number of benzene rings is 1. The van der Waals surface area contributed by atoms with Crippen LogP contribution in [0, 0.1) is 17.0 Å². The Morgan fingerprint density at radius 2 is 2.27 bits per heavy atom. The average molecular weight is 206 g/mol. The van der Waals surface area contributed by atoms with E-state index in [1.54, 1.807) is 13.0 Å². The van der Waals surface area contributed by atoms with Gasteiger partial charge in [-0.25, -0.2) is 0 Å². The summed E-state index contributed by atoms with van der Waals surface area (Å²) < 4.78 is 0. The van der Waals surface area contributed by atoms with E-state index in [9.17, 15) is 10.1 Å². The van der Waals surface area contributed by atoms with Crippen molar-refractivity contribution in [1.29, 1.82) is 0 Å². The molecule has 0 spiro atoms. The van der Waals surface area contributed by atoms with Crippen molar-refractivity contribution in [2.24, 2.45) is 0 Å². The maximum Gasteiger partial charge on any atom is 0.272 e. The standard InChI is InChI=1S/C11H14N2O2/c1-8-6-9(7-12-10-3-4-10)2-5-11(8)13(14)15/h2,5-6,10,12H,3-4,7H2,1H3. The lowest BCUT2D eigenvalue weighted by atomic mass is 10.1. The fourth-order valence-electron chi connectivity index (χ4n) is 1.58. The van der Waals surface area contributed by atoms with Crippen LogP contribution in [0.15, 0.2) is 18.2 Å². The van der Waals surface area contributed by atoms with Crippen LogP contribution in [-0.4, -0.2) is 11.0 Å². The van der Waals surface area contributed by atoms with Gasteiger partial charge in [0.25, 0.3) is 5.69 Å². The highest BCUT2D eigenvalue weighted by atomic mass is 16.6. The van der Waals surface area contributed by atoms with Crippen molar-refractivity contribution in [3.05, 3.63) is 39.4 Å². The lowest BCUT2D eigenvalue weighted by molar-refractivity contribution is -0.385. The molecule has 0 saturated heterocycles. The van der Waals surface area contributed by atoms with E-state index in [1.165, 1.54) is 12.8 Å². The molecule has 0 bridgehead atoms. The van der Waals surface area contributed by atoms with Crippen LogP contribution in [0.3, 0.4) is 0 Å². The summed E-state index contributed by atoms with van der Waals surface area (Å²) in [6, 6.07) is 5.95. The maximum atomic E-state index is 10.6. The fourth-order valence-corrected chi connectivity index (χ4v) is 1.58. The molecule has 1 aliphatic carbocycles. The molecule has 1 fully saturated rings. The number of hydrogen-bond acceptors (Lipinski definition) is 3. The minimum Gasteiger partial charge on any atom is -0.310 e. The Balaban J connectivity index is 2.06. The Bertz CT molecular complexity index is 386. The van der Waals surface area contributed by atoms with Crippen LogP contribution in [0.1, 0.15) is 24.0 Å². The molecule has 1 N–H and O–H groups in total. The lowest BCUT2D eigenvalue weighted by Gasteiger charge is -2.04. The highest BCUT2D eigenvalue weighted by Gasteiger charge is 2.20. The van der Waals surface area contributed by atoms with Gasteiger partial charge in [0, 0.05) is 24.2 Å². The zero-order valence-electron chi connectivity index (χ0n) is 8.69. The third-order valence-electron chi connectivity index (χ3n) is 2.63. The Morgan fingerprint density at radius 1 is 1.53 bits per heavy atom. The fraction of sp³-hybridized carbons (Fsp3) is 0.455. The van der Waals surface area contributed by atoms with Crippen molar-refractivity contribution >= 4 is 5.69 Å². The van der Waals surface area contributed by atoms with Crippen LogP contribution in [0.5, 0.6) is 0 Å². The average Bonchev–Trinajstić information content (AvgIpc) is 2.97. The summed E-state index contributed by atoms with van der Waals surface area (Å²) in [6.45, 7) is 2.59. The predicted octanol–water partition coefficient (Wildman–Crippen LogP) is 2.16. The number of rotatable bonds is 4. The molecular formula is C11H14N2O2. The van der Waals surface area contributed by atoms with E-state index in [2.05, 4.69) is 5.32 Å². The van der Waals surface area contributed by atoms with Crippen molar-refractivity contribution in [2.75, 3.05) is 0 Å². The number of aryl methyl sites for hydroxylation is 1. The van der Waals surface area contributed by atoms with Gasteiger partial charge in [-0.15, -0.1) is 0 Å². The molecule has 80 valence electrons. The first-order valence-electron chi connectivity index (χ1n) is 5.14. The van der Waals surface area contributed by atoms with Crippen molar-refractivity contribution in [3.63, 3.8) is 0 Å². The zero-order valence-corrected chi connectivity index (χ0v) is 8.69. The minimum atomic E-state index is -0.340. The molecule has 1 aromatic rings. The van der Waals surface area contributed by atoms with Gasteiger partial charge in [-0.2, -0.15) is 0 Å². The smallest absolute Gasteiger partial charge is 0.272 e. The summed E-state index contributed by atoms with van der Waals surface area (Å²) >= 11 is 0. The summed E-state index contributed by atoms with van der Waals surface area (Å²) in [5.74, 6) is 0. The predicted molar refractivity (Wildman–Crippen MR) is 57.7 cm³/mol. The lowest BCUT2D eigenvalue weighted by Crippen LogP contribution is -2.15. The monoisotopic (exact) mass is 206 g/mol. The number of nitro benzene ring substituents is 1. The van der Waals surface area contributed by atoms with E-state index in [-0.39, 0.29) is 10.6 Å². The van der Waals surface area contributed by atoms with Crippen LogP contribution in [0.25, 0.3) is 0 Å². The zero-order chi connectivity index (χ0) is 10.8. The van der Waals surface area contributed by atoms with Gasteiger partial charge in [0.15, 0.2) is 0 Å². The summed E-state index contributed by atoms with van der Waals surface area (Å²) in [5, 5.41) is 14.0. The summed E-state index contributed by atoms with van der Waals surface area (Å²) in [6.07, 6.45) is 2.51. The first kappa shape index (κ1) is 10.1. The molecule has 0 radical (unpaired) electrons. The van der Waals surface area contributed by atoms with Crippen LogP contribution >= 0.6 is 0 Å². The van der Waals surface area contributed by atoms with Crippen LogP contribution in [0.2, 0.25) is 0 Å². The van der Waals surface area contributed by atoms with Crippen LogP contribution < -0.4 is 5.32 Å². The van der Waals surface area contributed by atoms with Gasteiger partial charge >= 0.3 is 0 Å². The molecule has 0 atom stereocenters. The quantitative estimate of drug-likeness (QED) is 0.606. The number of nitro groups is 1. The molecule has 1 saturated carbocycles. The second-order valence-electron chi connectivity index (χ2n) is 4.03. The second-order valence-corrected chi connectivity index (χ2v) is 4.03. The molecule has 0 amide bonds. The molecule has 1 aromatic carbocycles. The molecule has 2 rings (SSSR count). The van der Waals surface area contributed by atoms with Crippen molar-refractivity contribution < 1.29 is 4.92 Å². The number of hydrogen-bond donors (Lipinski definition) is 1. The maximum absolute atomic E-state index is 10.6. The molecule has 4 heteroatoms. The van der Waals surface area contributed by atoms with E-state index < -0.39 is 0 Å². The molecule has 1 aliphatic rings. The minimum absolute atomic E-state index is 0.199. The van der Waals surface area contributed by atoms with Gasteiger partial charge in [0.2, 0.25) is 0 Å². The first-order valence-corrected chi connectivity index (χ1v) is 5.14. The normalized spacial score (nSPS) is 15.3. The van der Waals surface area contributed by atoms with Gasteiger partial charge in [-0.1, -0.05) is 6.07 Å². The van der Waals surface area contributed by atoms with Gasteiger partial charge in [-0.05, 0) is 31.4 Å². The molecule has 0 aromatic heterocycles. The molecule has 0 heterocycles. The van der Waals surface area contributed by atoms with E-state index >= 15 is 0 Å². The summed E-state index contributed by atoms with van der Waals surface area (Å²) in [4.78, 5) is 10.3. The number of nitrogens with one attached hydrogen (secondary N) is 1. The van der Waals surface area contributed by atoms with E-state index in [1.807, 2.05) is 12.1 Å². The Hall–Kier alpha value is -1.42. The van der Waals surface area contributed by atoms with Crippen molar-refractivity contribution in [1.82, 2.24) is 5.32 Å². The topological polar surface area (TPSA) is 55.2 Å². The van der Waals surface area contributed by atoms with E-state index in [0.29, 0.717) is 6.04 Å². The highest BCUT2D eigenvalue weighted by molar-refractivity contribution is 5.41. The molecular weight excluding hydrogens is 192 g/mol. The molecule has 0 unspecified atom stereocenters. The summed E-state index contributed by atoms with van der Waals surface area (Å²) in [5.41, 5.74) is 2.05. The Morgan fingerprint density at radius 3 is 2.80 bits per heavy atom. The largest absolute Gasteiger partial charge is 0.310 e. The van der Waals surface area contributed by atoms with E-state index in [0.717, 1.165) is 17.7 Å². The van der Waals surface area contributed by atoms with Crippen LogP contribution in [0.4, 0.5) is 5.69 Å². The van der Waals surface area contributed by atoms with Crippen molar-refractivity contribution in [2.45, 2.75) is 32.4 Å². The SMILES string of the molecule is Cc1cc(CNC2CC2)ccc1[N+](=O)[O-]. The van der Waals surface area contributed by atoms with Gasteiger partial charge in [-0.3, -0.25) is 10.1 Å². The Kier molecular flexibility index (Phi) is 2.68. The van der Waals surface area contributed by atoms with Gasteiger partial charge < -0.3 is 5.32 Å².